The number of hydrogen-bond acceptors (Lipinski definition) is 6. The van der Waals surface area contributed by atoms with E-state index in [0.717, 1.165) is 45.0 Å². The largest absolute Gasteiger partial charge is 0.500 e. The van der Waals surface area contributed by atoms with E-state index in [9.17, 15) is 18.4 Å². The standard InChI is InChI=1S/C24H31F2N3O4/c25-19-1-2-21(20(26)15-19)29-12-10-28(11-13-29)9-5-17-3-7-24(8-4-17,23(27)31)33-22(30)18-6-14-32-16-18/h1-2,15-17H,3-14H2,(H2,27,31). The number of nitrogens with zero attached hydrogens (tertiary/aromatic N) is 2. The van der Waals surface area contributed by atoms with Crippen molar-refractivity contribution >= 4 is 17.6 Å². The van der Waals surface area contributed by atoms with Gasteiger partial charge in [-0.25, -0.2) is 13.6 Å². The van der Waals surface area contributed by atoms with E-state index >= 15 is 0 Å². The zero-order valence-electron chi connectivity index (χ0n) is 18.7. The maximum Gasteiger partial charge on any atom is 0.338 e. The minimum absolute atomic E-state index is 0.428. The van der Waals surface area contributed by atoms with Gasteiger partial charge in [-0.3, -0.25) is 9.69 Å². The molecule has 0 atom stereocenters. The Kier molecular flexibility index (Phi) is 7.17. The highest BCUT2D eigenvalue weighted by Gasteiger charge is 2.44. The summed E-state index contributed by atoms with van der Waals surface area (Å²) in [4.78, 5) is 28.8. The molecule has 1 saturated carbocycles. The van der Waals surface area contributed by atoms with Crippen molar-refractivity contribution in [3.8, 4) is 0 Å². The van der Waals surface area contributed by atoms with Crippen molar-refractivity contribution in [1.29, 1.82) is 0 Å². The minimum atomic E-state index is -1.23. The van der Waals surface area contributed by atoms with Crippen molar-refractivity contribution < 1.29 is 27.8 Å². The van der Waals surface area contributed by atoms with Gasteiger partial charge in [-0.1, -0.05) is 0 Å². The fourth-order valence-electron chi connectivity index (χ4n) is 4.93. The van der Waals surface area contributed by atoms with Crippen LogP contribution in [0.2, 0.25) is 0 Å². The average molecular weight is 464 g/mol. The van der Waals surface area contributed by atoms with Crippen LogP contribution in [0.25, 0.3) is 0 Å². The first-order chi connectivity index (χ1) is 15.9. The van der Waals surface area contributed by atoms with Crippen molar-refractivity contribution in [1.82, 2.24) is 4.90 Å². The van der Waals surface area contributed by atoms with Crippen LogP contribution in [0, 0.1) is 17.6 Å². The summed E-state index contributed by atoms with van der Waals surface area (Å²) in [6, 6.07) is 3.71. The number of anilines is 1. The number of rotatable bonds is 7. The molecule has 1 saturated heterocycles. The zero-order chi connectivity index (χ0) is 23.4. The Balaban J connectivity index is 1.22. The number of carbonyl (C=O) groups excluding carboxylic acids is 2. The Bertz CT molecular complexity index is 907. The van der Waals surface area contributed by atoms with Gasteiger partial charge < -0.3 is 20.1 Å². The van der Waals surface area contributed by atoms with Crippen LogP contribution in [0.4, 0.5) is 14.5 Å². The average Bonchev–Trinajstić information content (AvgIpc) is 3.34. The molecular weight excluding hydrogens is 432 g/mol. The Morgan fingerprint density at radius 1 is 1.15 bits per heavy atom. The fourth-order valence-corrected chi connectivity index (χ4v) is 4.93. The van der Waals surface area contributed by atoms with Crippen LogP contribution in [0.15, 0.2) is 30.0 Å². The molecule has 2 N–H and O–H groups in total. The summed E-state index contributed by atoms with van der Waals surface area (Å²) >= 11 is 0. The van der Waals surface area contributed by atoms with E-state index < -0.39 is 29.1 Å². The quantitative estimate of drug-likeness (QED) is 0.626. The predicted octanol–water partition coefficient (Wildman–Crippen LogP) is 2.74. The molecule has 33 heavy (non-hydrogen) atoms. The molecule has 1 amide bonds. The second kappa shape index (κ2) is 10.1. The third-order valence-electron chi connectivity index (χ3n) is 7.10. The molecule has 9 heteroatoms. The number of piperazine rings is 1. The maximum absolute atomic E-state index is 14.0. The number of nitrogens with two attached hydrogens (primary N) is 1. The number of primary amides is 1. The van der Waals surface area contributed by atoms with Crippen LogP contribution >= 0.6 is 0 Å². The molecule has 2 aliphatic heterocycles. The number of benzene rings is 1. The molecule has 1 aliphatic carbocycles. The van der Waals surface area contributed by atoms with Crippen LogP contribution in [0.5, 0.6) is 0 Å². The Morgan fingerprint density at radius 2 is 1.88 bits per heavy atom. The molecule has 0 bridgehead atoms. The van der Waals surface area contributed by atoms with Crippen molar-refractivity contribution in [3.63, 3.8) is 0 Å². The zero-order valence-corrected chi connectivity index (χ0v) is 18.7. The van der Waals surface area contributed by atoms with Gasteiger partial charge >= 0.3 is 5.97 Å². The summed E-state index contributed by atoms with van der Waals surface area (Å²) < 4.78 is 37.9. The van der Waals surface area contributed by atoms with E-state index in [0.29, 0.717) is 56.1 Å². The number of amides is 1. The number of esters is 1. The predicted molar refractivity (Wildman–Crippen MR) is 118 cm³/mol. The smallest absolute Gasteiger partial charge is 0.338 e. The van der Waals surface area contributed by atoms with Crippen LogP contribution in [-0.4, -0.2) is 61.7 Å². The minimum Gasteiger partial charge on any atom is -0.500 e. The molecule has 2 heterocycles. The second-order valence-corrected chi connectivity index (χ2v) is 9.17. The lowest BCUT2D eigenvalue weighted by Crippen LogP contribution is -2.50. The van der Waals surface area contributed by atoms with Crippen molar-refractivity contribution in [2.45, 2.75) is 44.1 Å². The third kappa shape index (κ3) is 5.46. The van der Waals surface area contributed by atoms with Gasteiger partial charge in [-0.05, 0) is 56.7 Å². The van der Waals surface area contributed by atoms with Crippen LogP contribution in [-0.2, 0) is 19.1 Å². The number of hydrogen-bond donors (Lipinski definition) is 1. The molecule has 0 aromatic heterocycles. The topological polar surface area (TPSA) is 85.1 Å². The molecule has 0 spiro atoms. The first kappa shape index (κ1) is 23.5. The van der Waals surface area contributed by atoms with Gasteiger partial charge in [0.1, 0.15) is 11.6 Å². The molecule has 0 unspecified atom stereocenters. The molecule has 1 aromatic carbocycles. The van der Waals surface area contributed by atoms with E-state index in [4.69, 9.17) is 15.2 Å². The molecule has 3 aliphatic rings. The highest BCUT2D eigenvalue weighted by atomic mass is 19.1. The SMILES string of the molecule is NC(=O)C1(OC(=O)C2=COCC2)CCC(CCN2CCN(c3ccc(F)cc3F)CC2)CC1. The summed E-state index contributed by atoms with van der Waals surface area (Å²) in [7, 11) is 0. The van der Waals surface area contributed by atoms with Gasteiger partial charge in [-0.2, -0.15) is 0 Å². The summed E-state index contributed by atoms with van der Waals surface area (Å²) in [5.74, 6) is -1.76. The van der Waals surface area contributed by atoms with Gasteiger partial charge in [0.05, 0.1) is 24.1 Å². The maximum atomic E-state index is 14.0. The summed E-state index contributed by atoms with van der Waals surface area (Å²) in [5.41, 5.74) is 5.29. The number of carbonyl (C=O) groups is 2. The van der Waals surface area contributed by atoms with Gasteiger partial charge in [0.25, 0.3) is 5.91 Å². The van der Waals surface area contributed by atoms with Crippen LogP contribution in [0.3, 0.4) is 0 Å². The van der Waals surface area contributed by atoms with Crippen molar-refractivity contribution in [2.24, 2.45) is 11.7 Å². The highest BCUT2D eigenvalue weighted by Crippen LogP contribution is 2.37. The van der Waals surface area contributed by atoms with Gasteiger partial charge in [0, 0.05) is 38.7 Å². The molecule has 180 valence electrons. The first-order valence-corrected chi connectivity index (χ1v) is 11.6. The van der Waals surface area contributed by atoms with Gasteiger partial charge in [0.2, 0.25) is 0 Å². The number of ether oxygens (including phenoxy) is 2. The lowest BCUT2D eigenvalue weighted by atomic mass is 9.77. The molecule has 0 radical (unpaired) electrons. The van der Waals surface area contributed by atoms with E-state index in [-0.39, 0.29) is 0 Å². The fraction of sp³-hybridized carbons (Fsp3) is 0.583. The number of halogens is 2. The summed E-state index contributed by atoms with van der Waals surface area (Å²) in [6.45, 7) is 4.36. The van der Waals surface area contributed by atoms with Crippen LogP contribution < -0.4 is 10.6 Å². The van der Waals surface area contributed by atoms with Crippen LogP contribution in [0.1, 0.15) is 38.5 Å². The molecule has 2 fully saturated rings. The molecular formula is C24H31F2N3O4. The summed E-state index contributed by atoms with van der Waals surface area (Å²) in [5, 5.41) is 0. The second-order valence-electron chi connectivity index (χ2n) is 9.17. The Labute approximate surface area is 192 Å². The van der Waals surface area contributed by atoms with E-state index in [1.807, 2.05) is 4.90 Å². The highest BCUT2D eigenvalue weighted by molar-refractivity contribution is 5.93. The first-order valence-electron chi connectivity index (χ1n) is 11.6. The lowest BCUT2D eigenvalue weighted by Gasteiger charge is -2.39. The van der Waals surface area contributed by atoms with Crippen molar-refractivity contribution in [3.05, 3.63) is 41.7 Å². The van der Waals surface area contributed by atoms with E-state index in [1.165, 1.54) is 18.4 Å². The molecule has 4 rings (SSSR count). The van der Waals surface area contributed by atoms with E-state index in [1.54, 1.807) is 0 Å². The molecule has 1 aromatic rings. The molecule has 7 nitrogen and oxygen atoms in total. The van der Waals surface area contributed by atoms with E-state index in [2.05, 4.69) is 4.90 Å². The van der Waals surface area contributed by atoms with Gasteiger partial charge in [0.15, 0.2) is 5.60 Å². The normalized spacial score (nSPS) is 25.9. The Hall–Kier alpha value is -2.68. The monoisotopic (exact) mass is 463 g/mol. The lowest BCUT2D eigenvalue weighted by molar-refractivity contribution is -0.168. The Morgan fingerprint density at radius 3 is 2.48 bits per heavy atom. The third-order valence-corrected chi connectivity index (χ3v) is 7.10. The van der Waals surface area contributed by atoms with Crippen molar-refractivity contribution in [2.75, 3.05) is 44.2 Å². The summed E-state index contributed by atoms with van der Waals surface area (Å²) in [6.07, 6.45) is 5.27. The van der Waals surface area contributed by atoms with Gasteiger partial charge in [-0.15, -0.1) is 0 Å².